The van der Waals surface area contributed by atoms with Crippen LogP contribution in [0.3, 0.4) is 0 Å². The van der Waals surface area contributed by atoms with E-state index < -0.39 is 0 Å². The van der Waals surface area contributed by atoms with Crippen LogP contribution in [0, 0.1) is 6.92 Å². The largest absolute Gasteiger partial charge is 0.353 e. The van der Waals surface area contributed by atoms with Crippen LogP contribution >= 0.6 is 0 Å². The van der Waals surface area contributed by atoms with Gasteiger partial charge in [-0.05, 0) is 19.8 Å². The van der Waals surface area contributed by atoms with Gasteiger partial charge in [0.05, 0.1) is 0 Å². The molecule has 2 heterocycles. The molecule has 0 aromatic carbocycles. The van der Waals surface area contributed by atoms with E-state index in [9.17, 15) is 0 Å². The molecule has 0 amide bonds. The van der Waals surface area contributed by atoms with E-state index in [1.54, 1.807) is 6.33 Å². The van der Waals surface area contributed by atoms with Crippen LogP contribution in [0.15, 0.2) is 12.4 Å². The zero-order valence-corrected chi connectivity index (χ0v) is 8.20. The summed E-state index contributed by atoms with van der Waals surface area (Å²) in [4.78, 5) is 10.7. The topological polar surface area (TPSA) is 29.0 Å². The molecule has 0 saturated carbocycles. The normalized spacial score (nSPS) is 21.4. The minimum absolute atomic E-state index is 0.703. The highest BCUT2D eigenvalue weighted by atomic mass is 15.3. The van der Waals surface area contributed by atoms with Crippen molar-refractivity contribution in [3.05, 3.63) is 18.1 Å². The number of hydrogen-bond donors (Lipinski definition) is 0. The number of rotatable bonds is 2. The average molecular weight is 177 g/mol. The highest BCUT2D eigenvalue weighted by Crippen LogP contribution is 2.26. The van der Waals surface area contributed by atoms with Gasteiger partial charge in [-0.25, -0.2) is 9.97 Å². The van der Waals surface area contributed by atoms with Gasteiger partial charge < -0.3 is 4.90 Å². The summed E-state index contributed by atoms with van der Waals surface area (Å²) < 4.78 is 0. The number of aromatic nitrogens is 2. The van der Waals surface area contributed by atoms with Crippen LogP contribution in [0.2, 0.25) is 0 Å². The lowest BCUT2D eigenvalue weighted by Crippen LogP contribution is -2.47. The number of hydrogen-bond acceptors (Lipinski definition) is 3. The van der Waals surface area contributed by atoms with Crippen LogP contribution < -0.4 is 4.90 Å². The lowest BCUT2D eigenvalue weighted by atomic mass is 10.0. The third-order valence-electron chi connectivity index (χ3n) is 2.70. The standard InChI is InChI=1S/C10H15N3/c1-3-9-4-5-13(9)10-6-8(2)11-7-12-10/h6-7,9H,3-5H2,1-2H3. The second kappa shape index (κ2) is 3.32. The first kappa shape index (κ1) is 8.48. The minimum Gasteiger partial charge on any atom is -0.353 e. The molecule has 1 saturated heterocycles. The first-order valence-corrected chi connectivity index (χ1v) is 4.86. The molecule has 13 heavy (non-hydrogen) atoms. The molecular weight excluding hydrogens is 162 g/mol. The second-order valence-electron chi connectivity index (χ2n) is 3.56. The smallest absolute Gasteiger partial charge is 0.132 e. The Morgan fingerprint density at radius 1 is 1.54 bits per heavy atom. The Morgan fingerprint density at radius 2 is 2.38 bits per heavy atom. The van der Waals surface area contributed by atoms with E-state index >= 15 is 0 Å². The summed E-state index contributed by atoms with van der Waals surface area (Å²) in [7, 11) is 0. The zero-order chi connectivity index (χ0) is 9.26. The third kappa shape index (κ3) is 1.50. The summed E-state index contributed by atoms with van der Waals surface area (Å²) in [5, 5.41) is 0. The molecule has 3 nitrogen and oxygen atoms in total. The van der Waals surface area contributed by atoms with Gasteiger partial charge in [0.2, 0.25) is 0 Å². The van der Waals surface area contributed by atoms with Gasteiger partial charge in [0.1, 0.15) is 12.1 Å². The van der Waals surface area contributed by atoms with Gasteiger partial charge in [0.25, 0.3) is 0 Å². The number of anilines is 1. The van der Waals surface area contributed by atoms with E-state index in [0.29, 0.717) is 6.04 Å². The fraction of sp³-hybridized carbons (Fsp3) is 0.600. The van der Waals surface area contributed by atoms with E-state index in [1.807, 2.05) is 6.92 Å². The number of nitrogens with zero attached hydrogens (tertiary/aromatic N) is 3. The van der Waals surface area contributed by atoms with Crippen molar-refractivity contribution in [3.63, 3.8) is 0 Å². The summed E-state index contributed by atoms with van der Waals surface area (Å²) in [6.45, 7) is 5.38. The Balaban J connectivity index is 2.16. The van der Waals surface area contributed by atoms with Crippen LogP contribution in [0.4, 0.5) is 5.82 Å². The third-order valence-corrected chi connectivity index (χ3v) is 2.70. The van der Waals surface area contributed by atoms with Crippen molar-refractivity contribution in [2.75, 3.05) is 11.4 Å². The molecule has 1 aromatic rings. The van der Waals surface area contributed by atoms with E-state index in [1.165, 1.54) is 12.8 Å². The van der Waals surface area contributed by atoms with E-state index in [2.05, 4.69) is 27.9 Å². The summed E-state index contributed by atoms with van der Waals surface area (Å²) in [5.41, 5.74) is 1.05. The number of aryl methyl sites for hydroxylation is 1. The van der Waals surface area contributed by atoms with Gasteiger partial charge in [-0.15, -0.1) is 0 Å². The molecule has 1 aliphatic rings. The fourth-order valence-electron chi connectivity index (χ4n) is 1.76. The van der Waals surface area contributed by atoms with E-state index in [0.717, 1.165) is 18.1 Å². The van der Waals surface area contributed by atoms with Gasteiger partial charge >= 0.3 is 0 Å². The van der Waals surface area contributed by atoms with Crippen molar-refractivity contribution in [1.82, 2.24) is 9.97 Å². The first-order valence-electron chi connectivity index (χ1n) is 4.86. The molecular formula is C10H15N3. The maximum atomic E-state index is 4.27. The lowest BCUT2D eigenvalue weighted by Gasteiger charge is -2.41. The van der Waals surface area contributed by atoms with Crippen molar-refractivity contribution >= 4 is 5.82 Å². The fourth-order valence-corrected chi connectivity index (χ4v) is 1.76. The van der Waals surface area contributed by atoms with Crippen LogP contribution in [0.1, 0.15) is 25.5 Å². The summed E-state index contributed by atoms with van der Waals surface area (Å²) >= 11 is 0. The van der Waals surface area contributed by atoms with Crippen molar-refractivity contribution in [2.45, 2.75) is 32.7 Å². The van der Waals surface area contributed by atoms with E-state index in [4.69, 9.17) is 0 Å². The van der Waals surface area contributed by atoms with E-state index in [-0.39, 0.29) is 0 Å². The van der Waals surface area contributed by atoms with Crippen LogP contribution in [-0.2, 0) is 0 Å². The molecule has 0 radical (unpaired) electrons. The summed E-state index contributed by atoms with van der Waals surface area (Å²) in [5.74, 6) is 1.09. The SMILES string of the molecule is CCC1CCN1c1cc(C)ncn1. The second-order valence-corrected chi connectivity index (χ2v) is 3.56. The molecule has 0 spiro atoms. The predicted molar refractivity (Wildman–Crippen MR) is 52.8 cm³/mol. The molecule has 0 aliphatic carbocycles. The molecule has 0 N–H and O–H groups in total. The zero-order valence-electron chi connectivity index (χ0n) is 8.20. The van der Waals surface area contributed by atoms with Crippen molar-refractivity contribution in [2.24, 2.45) is 0 Å². The maximum Gasteiger partial charge on any atom is 0.132 e. The molecule has 70 valence electrons. The average Bonchev–Trinajstić information content (AvgIpc) is 2.03. The lowest BCUT2D eigenvalue weighted by molar-refractivity contribution is 0.432. The van der Waals surface area contributed by atoms with Crippen LogP contribution in [0.5, 0.6) is 0 Å². The molecule has 3 heteroatoms. The molecule has 0 bridgehead atoms. The minimum atomic E-state index is 0.703. The molecule has 1 aromatic heterocycles. The molecule has 1 unspecified atom stereocenters. The Hall–Kier alpha value is -1.12. The van der Waals surface area contributed by atoms with Gasteiger partial charge in [-0.2, -0.15) is 0 Å². The van der Waals surface area contributed by atoms with Gasteiger partial charge in [0, 0.05) is 24.3 Å². The highest BCUT2D eigenvalue weighted by Gasteiger charge is 2.27. The summed E-state index contributed by atoms with van der Waals surface area (Å²) in [6, 6.07) is 2.76. The van der Waals surface area contributed by atoms with Gasteiger partial charge in [-0.3, -0.25) is 0 Å². The molecule has 1 fully saturated rings. The van der Waals surface area contributed by atoms with Crippen molar-refractivity contribution in [3.8, 4) is 0 Å². The first-order chi connectivity index (χ1) is 6.31. The Bertz CT molecular complexity index is 296. The Morgan fingerprint density at radius 3 is 2.92 bits per heavy atom. The monoisotopic (exact) mass is 177 g/mol. The quantitative estimate of drug-likeness (QED) is 0.689. The van der Waals surface area contributed by atoms with Gasteiger partial charge in [0.15, 0.2) is 0 Å². The maximum absolute atomic E-state index is 4.27. The Labute approximate surface area is 78.8 Å². The summed E-state index contributed by atoms with van der Waals surface area (Å²) in [6.07, 6.45) is 4.16. The molecule has 1 aliphatic heterocycles. The Kier molecular flexibility index (Phi) is 2.17. The van der Waals surface area contributed by atoms with Gasteiger partial charge in [-0.1, -0.05) is 6.92 Å². The van der Waals surface area contributed by atoms with Crippen molar-refractivity contribution < 1.29 is 0 Å². The van der Waals surface area contributed by atoms with Crippen molar-refractivity contribution in [1.29, 1.82) is 0 Å². The highest BCUT2D eigenvalue weighted by molar-refractivity contribution is 5.42. The van der Waals surface area contributed by atoms with Crippen LogP contribution in [0.25, 0.3) is 0 Å². The molecule has 1 atom stereocenters. The molecule has 2 rings (SSSR count). The predicted octanol–water partition coefficient (Wildman–Crippen LogP) is 1.77. The van der Waals surface area contributed by atoms with Crippen LogP contribution in [-0.4, -0.2) is 22.6 Å².